The average molecular weight is 358 g/mol. The van der Waals surface area contributed by atoms with Crippen molar-refractivity contribution in [2.24, 2.45) is 11.8 Å². The molecule has 1 aromatic carbocycles. The molecule has 3 rings (SSSR count). The quantitative estimate of drug-likeness (QED) is 0.761. The Morgan fingerprint density at radius 2 is 1.81 bits per heavy atom. The van der Waals surface area contributed by atoms with Gasteiger partial charge in [-0.25, -0.2) is 0 Å². The Morgan fingerprint density at radius 1 is 1.19 bits per heavy atom. The Kier molecular flexibility index (Phi) is 5.71. The number of carbonyl (C=O) groups excluding carboxylic acids is 3. The van der Waals surface area contributed by atoms with Crippen molar-refractivity contribution in [2.45, 2.75) is 45.1 Å². The van der Waals surface area contributed by atoms with Crippen LogP contribution in [0.3, 0.4) is 0 Å². The van der Waals surface area contributed by atoms with Gasteiger partial charge in [0.15, 0.2) is 0 Å². The molecule has 1 aliphatic carbocycles. The third-order valence-electron chi connectivity index (χ3n) is 5.60. The number of nitrogens with zero attached hydrogens (tertiary/aromatic N) is 1. The fourth-order valence-corrected chi connectivity index (χ4v) is 4.00. The number of amides is 3. The number of rotatable bonds is 6. The summed E-state index contributed by atoms with van der Waals surface area (Å²) in [6.07, 6.45) is 4.20. The Morgan fingerprint density at radius 3 is 2.38 bits per heavy atom. The first kappa shape index (κ1) is 18.6. The van der Waals surface area contributed by atoms with E-state index in [-0.39, 0.29) is 48.8 Å². The van der Waals surface area contributed by atoms with E-state index in [1.807, 2.05) is 6.92 Å². The van der Waals surface area contributed by atoms with Gasteiger partial charge in [0.1, 0.15) is 0 Å². The molecule has 26 heavy (non-hydrogen) atoms. The molecule has 0 aromatic heterocycles. The van der Waals surface area contributed by atoms with E-state index < -0.39 is 0 Å². The Bertz CT molecular complexity index is 664. The standard InChI is InChI=1S/C20H26N2O4/c1-2-14(12-23)21-18(24)15-8-4-3-7-13(15)11-22-19(25)16-9-5-6-10-17(16)20(22)26/h5-6,9-10,13-15,23H,2-4,7-8,11-12H2,1H3,(H,21,24). The van der Waals surface area contributed by atoms with Crippen molar-refractivity contribution < 1.29 is 19.5 Å². The van der Waals surface area contributed by atoms with Gasteiger partial charge in [0, 0.05) is 12.5 Å². The number of hydrogen-bond donors (Lipinski definition) is 2. The number of fused-ring (bicyclic) bond motifs is 1. The van der Waals surface area contributed by atoms with E-state index >= 15 is 0 Å². The highest BCUT2D eigenvalue weighted by Gasteiger charge is 2.40. The van der Waals surface area contributed by atoms with Crippen LogP contribution in [0, 0.1) is 11.8 Å². The molecule has 0 saturated heterocycles. The zero-order valence-corrected chi connectivity index (χ0v) is 15.1. The summed E-state index contributed by atoms with van der Waals surface area (Å²) in [7, 11) is 0. The monoisotopic (exact) mass is 358 g/mol. The average Bonchev–Trinajstić information content (AvgIpc) is 2.91. The van der Waals surface area contributed by atoms with Gasteiger partial charge < -0.3 is 10.4 Å². The molecule has 0 radical (unpaired) electrons. The zero-order chi connectivity index (χ0) is 18.7. The number of aliphatic hydroxyl groups excluding tert-OH is 1. The summed E-state index contributed by atoms with van der Waals surface area (Å²) in [6.45, 7) is 2.11. The van der Waals surface area contributed by atoms with Crippen molar-refractivity contribution in [2.75, 3.05) is 13.2 Å². The Hall–Kier alpha value is -2.21. The van der Waals surface area contributed by atoms with Crippen LogP contribution in [0.5, 0.6) is 0 Å². The van der Waals surface area contributed by atoms with Gasteiger partial charge in [0.05, 0.1) is 23.8 Å². The van der Waals surface area contributed by atoms with Gasteiger partial charge in [-0.15, -0.1) is 0 Å². The SMILES string of the molecule is CCC(CO)NC(=O)C1CCCCC1CN1C(=O)c2ccccc2C1=O. The lowest BCUT2D eigenvalue weighted by molar-refractivity contribution is -0.129. The maximum atomic E-state index is 12.7. The molecule has 2 aliphatic rings. The largest absolute Gasteiger partial charge is 0.394 e. The molecule has 1 heterocycles. The summed E-state index contributed by atoms with van der Waals surface area (Å²) in [6, 6.07) is 6.61. The third kappa shape index (κ3) is 3.51. The third-order valence-corrected chi connectivity index (χ3v) is 5.60. The van der Waals surface area contributed by atoms with Crippen LogP contribution in [0.1, 0.15) is 59.7 Å². The van der Waals surface area contributed by atoms with Crippen molar-refractivity contribution >= 4 is 17.7 Å². The van der Waals surface area contributed by atoms with E-state index in [0.29, 0.717) is 17.5 Å². The van der Waals surface area contributed by atoms with Crippen LogP contribution < -0.4 is 5.32 Å². The van der Waals surface area contributed by atoms with Crippen LogP contribution in [-0.2, 0) is 4.79 Å². The maximum Gasteiger partial charge on any atom is 0.261 e. The first-order valence-corrected chi connectivity index (χ1v) is 9.43. The summed E-state index contributed by atoms with van der Waals surface area (Å²) < 4.78 is 0. The van der Waals surface area contributed by atoms with Crippen molar-refractivity contribution in [3.63, 3.8) is 0 Å². The van der Waals surface area contributed by atoms with Crippen LogP contribution in [0.25, 0.3) is 0 Å². The van der Waals surface area contributed by atoms with E-state index in [1.165, 1.54) is 4.90 Å². The van der Waals surface area contributed by atoms with Gasteiger partial charge in [-0.1, -0.05) is 31.9 Å². The van der Waals surface area contributed by atoms with Crippen LogP contribution in [0.15, 0.2) is 24.3 Å². The van der Waals surface area contributed by atoms with Gasteiger partial charge in [-0.3, -0.25) is 19.3 Å². The van der Waals surface area contributed by atoms with Gasteiger partial charge >= 0.3 is 0 Å². The highest BCUT2D eigenvalue weighted by atomic mass is 16.3. The second kappa shape index (κ2) is 7.99. The predicted octanol–water partition coefficient (Wildman–Crippen LogP) is 1.98. The van der Waals surface area contributed by atoms with E-state index in [4.69, 9.17) is 0 Å². The number of carbonyl (C=O) groups is 3. The summed E-state index contributed by atoms with van der Waals surface area (Å²) in [5.41, 5.74) is 0.890. The molecule has 3 amide bonds. The van der Waals surface area contributed by atoms with Gasteiger partial charge in [-0.05, 0) is 37.3 Å². The molecule has 1 aliphatic heterocycles. The smallest absolute Gasteiger partial charge is 0.261 e. The molecule has 0 spiro atoms. The molecule has 1 saturated carbocycles. The molecule has 6 heteroatoms. The molecule has 140 valence electrons. The maximum absolute atomic E-state index is 12.7. The van der Waals surface area contributed by atoms with E-state index in [1.54, 1.807) is 24.3 Å². The zero-order valence-electron chi connectivity index (χ0n) is 15.1. The fourth-order valence-electron chi connectivity index (χ4n) is 4.00. The highest BCUT2D eigenvalue weighted by molar-refractivity contribution is 6.21. The molecule has 6 nitrogen and oxygen atoms in total. The molecule has 3 unspecified atom stereocenters. The number of benzene rings is 1. The van der Waals surface area contributed by atoms with Crippen molar-refractivity contribution in [3.05, 3.63) is 35.4 Å². The minimum Gasteiger partial charge on any atom is -0.394 e. The fraction of sp³-hybridized carbons (Fsp3) is 0.550. The van der Waals surface area contributed by atoms with Crippen molar-refractivity contribution in [1.29, 1.82) is 0 Å². The van der Waals surface area contributed by atoms with E-state index in [9.17, 15) is 19.5 Å². The number of nitrogens with one attached hydrogen (secondary N) is 1. The van der Waals surface area contributed by atoms with E-state index in [0.717, 1.165) is 25.7 Å². The lowest BCUT2D eigenvalue weighted by atomic mass is 9.78. The molecular formula is C20H26N2O4. The number of hydrogen-bond acceptors (Lipinski definition) is 4. The summed E-state index contributed by atoms with van der Waals surface area (Å²) in [5.74, 6) is -0.878. The summed E-state index contributed by atoms with van der Waals surface area (Å²) >= 11 is 0. The Balaban J connectivity index is 1.72. The van der Waals surface area contributed by atoms with Gasteiger partial charge in [0.25, 0.3) is 11.8 Å². The van der Waals surface area contributed by atoms with Crippen molar-refractivity contribution in [3.8, 4) is 0 Å². The molecule has 1 fully saturated rings. The normalized spacial score (nSPS) is 23.7. The van der Waals surface area contributed by atoms with Crippen molar-refractivity contribution in [1.82, 2.24) is 10.2 Å². The molecule has 0 bridgehead atoms. The lowest BCUT2D eigenvalue weighted by Crippen LogP contribution is -2.46. The topological polar surface area (TPSA) is 86.7 Å². The van der Waals surface area contributed by atoms with Crippen LogP contribution >= 0.6 is 0 Å². The van der Waals surface area contributed by atoms with Gasteiger partial charge in [-0.2, -0.15) is 0 Å². The first-order valence-electron chi connectivity index (χ1n) is 9.43. The number of aliphatic hydroxyl groups is 1. The predicted molar refractivity (Wildman–Crippen MR) is 96.6 cm³/mol. The lowest BCUT2D eigenvalue weighted by Gasteiger charge is -2.33. The molecule has 1 aromatic rings. The minimum absolute atomic E-state index is 0.0397. The second-order valence-electron chi connectivity index (χ2n) is 7.21. The molecule has 2 N–H and O–H groups in total. The molecule has 3 atom stereocenters. The second-order valence-corrected chi connectivity index (χ2v) is 7.21. The van der Waals surface area contributed by atoms with Crippen LogP contribution in [0.4, 0.5) is 0 Å². The first-order chi connectivity index (χ1) is 12.6. The highest BCUT2D eigenvalue weighted by Crippen LogP contribution is 2.33. The summed E-state index contributed by atoms with van der Waals surface area (Å²) in [5, 5.41) is 12.2. The minimum atomic E-state index is -0.267. The molecular weight excluding hydrogens is 332 g/mol. The van der Waals surface area contributed by atoms with Crippen LogP contribution in [0.2, 0.25) is 0 Å². The van der Waals surface area contributed by atoms with Gasteiger partial charge in [0.2, 0.25) is 5.91 Å². The van der Waals surface area contributed by atoms with Crippen LogP contribution in [-0.4, -0.2) is 46.9 Å². The Labute approximate surface area is 153 Å². The van der Waals surface area contributed by atoms with E-state index in [2.05, 4.69) is 5.32 Å². The number of imide groups is 1. The summed E-state index contributed by atoms with van der Waals surface area (Å²) in [4.78, 5) is 39.2.